The van der Waals surface area contributed by atoms with Crippen LogP contribution in [-0.4, -0.2) is 56.7 Å². The van der Waals surface area contributed by atoms with Gasteiger partial charge in [-0.1, -0.05) is 12.1 Å². The summed E-state index contributed by atoms with van der Waals surface area (Å²) in [5, 5.41) is 9.20. The van der Waals surface area contributed by atoms with Crippen molar-refractivity contribution in [2.75, 3.05) is 32.7 Å². The van der Waals surface area contributed by atoms with Gasteiger partial charge in [0.05, 0.1) is 17.4 Å². The van der Waals surface area contributed by atoms with E-state index in [-0.39, 0.29) is 0 Å². The van der Waals surface area contributed by atoms with E-state index in [9.17, 15) is 0 Å². The van der Waals surface area contributed by atoms with E-state index >= 15 is 0 Å². The second-order valence-corrected chi connectivity index (χ2v) is 9.12. The summed E-state index contributed by atoms with van der Waals surface area (Å²) in [6, 6.07) is 10.1. The minimum atomic E-state index is 0.578. The molecule has 0 saturated carbocycles. The van der Waals surface area contributed by atoms with Gasteiger partial charge in [-0.15, -0.1) is 11.3 Å². The summed E-state index contributed by atoms with van der Waals surface area (Å²) in [7, 11) is 7.24. The van der Waals surface area contributed by atoms with Crippen molar-refractivity contribution in [2.24, 2.45) is 14.1 Å². The van der Waals surface area contributed by atoms with Crippen LogP contribution in [0.25, 0.3) is 43.6 Å². The largest absolute Gasteiger partial charge is 0.497 e. The van der Waals surface area contributed by atoms with Crippen LogP contribution >= 0.6 is 11.3 Å². The van der Waals surface area contributed by atoms with Crippen molar-refractivity contribution in [3.63, 3.8) is 0 Å². The zero-order chi connectivity index (χ0) is 24.4. The number of ether oxygens (including phenoxy) is 2. The molecule has 0 aliphatic heterocycles. The number of hydrogen-bond donors (Lipinski definition) is 1. The monoisotopic (exact) mass is 489 g/mol. The molecule has 0 amide bonds. The van der Waals surface area contributed by atoms with E-state index in [1.54, 1.807) is 31.8 Å². The third-order valence-corrected chi connectivity index (χ3v) is 6.82. The highest BCUT2D eigenvalue weighted by Crippen LogP contribution is 2.46. The Labute approximate surface area is 207 Å². The van der Waals surface area contributed by atoms with E-state index in [4.69, 9.17) is 24.5 Å². The predicted octanol–water partition coefficient (Wildman–Crippen LogP) is 4.62. The van der Waals surface area contributed by atoms with Gasteiger partial charge < -0.3 is 19.4 Å². The maximum absolute atomic E-state index is 5.39. The third-order valence-electron chi connectivity index (χ3n) is 5.72. The van der Waals surface area contributed by atoms with Crippen LogP contribution in [0.2, 0.25) is 0 Å². The summed E-state index contributed by atoms with van der Waals surface area (Å²) in [4.78, 5) is 16.3. The molecule has 4 heterocycles. The first-order valence-corrected chi connectivity index (χ1v) is 12.1. The second-order valence-electron chi connectivity index (χ2n) is 8.12. The molecule has 0 aliphatic carbocycles. The summed E-state index contributed by atoms with van der Waals surface area (Å²) in [6.45, 7) is 1.39. The highest BCUT2D eigenvalue weighted by atomic mass is 32.1. The molecule has 5 aromatic rings. The Kier molecular flexibility index (Phi) is 6.47. The lowest BCUT2D eigenvalue weighted by Gasteiger charge is -2.11. The Balaban J connectivity index is 1.75. The summed E-state index contributed by atoms with van der Waals surface area (Å²) in [5.74, 6) is 2.87. The van der Waals surface area contributed by atoms with Crippen molar-refractivity contribution in [3.05, 3.63) is 48.9 Å². The zero-order valence-electron chi connectivity index (χ0n) is 20.1. The van der Waals surface area contributed by atoms with Gasteiger partial charge in [0.1, 0.15) is 22.1 Å². The van der Waals surface area contributed by atoms with Crippen LogP contribution in [0.1, 0.15) is 6.42 Å². The molecule has 10 heteroatoms. The molecule has 0 fully saturated rings. The fraction of sp³-hybridized carbons (Fsp3) is 0.280. The maximum Gasteiger partial charge on any atom is 0.199 e. The smallest absolute Gasteiger partial charge is 0.199 e. The fourth-order valence-electron chi connectivity index (χ4n) is 3.98. The van der Waals surface area contributed by atoms with E-state index in [0.717, 1.165) is 56.4 Å². The molecule has 35 heavy (non-hydrogen) atoms. The number of benzene rings is 1. The van der Waals surface area contributed by atoms with Crippen LogP contribution in [0.5, 0.6) is 5.75 Å². The quantitative estimate of drug-likeness (QED) is 0.302. The molecule has 1 N–H and O–H groups in total. The number of aromatic nitrogens is 6. The molecule has 0 radical (unpaired) electrons. The van der Waals surface area contributed by atoms with Crippen LogP contribution < -0.4 is 10.1 Å². The Bertz CT molecular complexity index is 1450. The van der Waals surface area contributed by atoms with Gasteiger partial charge in [0.2, 0.25) is 0 Å². The first kappa shape index (κ1) is 23.0. The lowest BCUT2D eigenvalue weighted by atomic mass is 10.0. The fourth-order valence-corrected chi connectivity index (χ4v) is 5.14. The minimum Gasteiger partial charge on any atom is -0.497 e. The van der Waals surface area contributed by atoms with Crippen LogP contribution in [0, 0.1) is 0 Å². The van der Waals surface area contributed by atoms with Gasteiger partial charge in [0.15, 0.2) is 11.6 Å². The molecule has 4 aromatic heterocycles. The van der Waals surface area contributed by atoms with Gasteiger partial charge in [-0.3, -0.25) is 4.68 Å². The van der Waals surface area contributed by atoms with Crippen molar-refractivity contribution in [2.45, 2.75) is 6.42 Å². The van der Waals surface area contributed by atoms with Gasteiger partial charge >= 0.3 is 0 Å². The number of thiophene rings is 1. The highest BCUT2D eigenvalue weighted by Gasteiger charge is 2.24. The van der Waals surface area contributed by atoms with Gasteiger partial charge in [0.25, 0.3) is 0 Å². The maximum atomic E-state index is 5.39. The van der Waals surface area contributed by atoms with Gasteiger partial charge in [-0.25, -0.2) is 15.0 Å². The molecule has 0 bridgehead atoms. The summed E-state index contributed by atoms with van der Waals surface area (Å²) in [6.07, 6.45) is 6.46. The van der Waals surface area contributed by atoms with Crippen LogP contribution in [0.4, 0.5) is 5.82 Å². The topological polar surface area (TPSA) is 91.9 Å². The standard InChI is InChI=1S/C25H27N7O2S/c1-31-14-12-27-24(31)23-28-22(26-11-5-15-33-3)20-19(16-6-8-17(34-4)9-7-16)21(35-25(20)29-23)18-10-13-32(2)30-18/h6-10,12-14H,5,11,15H2,1-4H3,(H,26,28,29). The summed E-state index contributed by atoms with van der Waals surface area (Å²) >= 11 is 1.61. The normalized spacial score (nSPS) is 11.3. The Morgan fingerprint density at radius 3 is 2.51 bits per heavy atom. The number of aryl methyl sites for hydroxylation is 2. The molecule has 0 atom stereocenters. The number of nitrogens with one attached hydrogen (secondary N) is 1. The first-order chi connectivity index (χ1) is 17.1. The Morgan fingerprint density at radius 2 is 1.86 bits per heavy atom. The molecule has 9 nitrogen and oxygen atoms in total. The zero-order valence-corrected chi connectivity index (χ0v) is 21.0. The number of nitrogens with zero attached hydrogens (tertiary/aromatic N) is 6. The number of hydrogen-bond acceptors (Lipinski definition) is 8. The first-order valence-electron chi connectivity index (χ1n) is 11.3. The highest BCUT2D eigenvalue weighted by molar-refractivity contribution is 7.22. The lowest BCUT2D eigenvalue weighted by Crippen LogP contribution is -2.08. The number of rotatable bonds is 9. The number of imidazole rings is 1. The van der Waals surface area contributed by atoms with Crippen molar-refractivity contribution < 1.29 is 9.47 Å². The van der Waals surface area contributed by atoms with Crippen molar-refractivity contribution >= 4 is 27.4 Å². The van der Waals surface area contributed by atoms with Gasteiger partial charge in [-0.05, 0) is 30.2 Å². The predicted molar refractivity (Wildman–Crippen MR) is 139 cm³/mol. The number of methoxy groups -OCH3 is 2. The average molecular weight is 490 g/mol. The SMILES string of the molecule is COCCCNc1nc(-c2nccn2C)nc2sc(-c3ccn(C)n3)c(-c3ccc(OC)cc3)c12. The molecule has 0 unspecified atom stereocenters. The van der Waals surface area contributed by atoms with Gasteiger partial charge in [0, 0.05) is 58.5 Å². The minimum absolute atomic E-state index is 0.578. The lowest BCUT2D eigenvalue weighted by molar-refractivity contribution is 0.198. The molecular weight excluding hydrogens is 462 g/mol. The third kappa shape index (κ3) is 4.50. The average Bonchev–Trinajstić information content (AvgIpc) is 3.59. The van der Waals surface area contributed by atoms with Crippen LogP contribution in [-0.2, 0) is 18.8 Å². The molecule has 0 aliphatic rings. The molecule has 0 spiro atoms. The summed E-state index contributed by atoms with van der Waals surface area (Å²) in [5.41, 5.74) is 2.99. The van der Waals surface area contributed by atoms with E-state index < -0.39 is 0 Å². The van der Waals surface area contributed by atoms with E-state index in [1.807, 2.05) is 53.9 Å². The van der Waals surface area contributed by atoms with E-state index in [0.29, 0.717) is 18.3 Å². The van der Waals surface area contributed by atoms with E-state index in [1.165, 1.54) is 0 Å². The van der Waals surface area contributed by atoms with E-state index in [2.05, 4.69) is 22.4 Å². The molecular formula is C25H27N7O2S. The molecule has 0 saturated heterocycles. The molecule has 180 valence electrons. The number of fused-ring (bicyclic) bond motifs is 1. The Morgan fingerprint density at radius 1 is 1.03 bits per heavy atom. The van der Waals surface area contributed by atoms with Crippen LogP contribution in [0.15, 0.2) is 48.9 Å². The van der Waals surface area contributed by atoms with Crippen molar-refractivity contribution in [3.8, 4) is 39.1 Å². The van der Waals surface area contributed by atoms with Gasteiger partial charge in [-0.2, -0.15) is 5.10 Å². The second kappa shape index (κ2) is 9.85. The van der Waals surface area contributed by atoms with Crippen molar-refractivity contribution in [1.29, 1.82) is 0 Å². The summed E-state index contributed by atoms with van der Waals surface area (Å²) < 4.78 is 14.4. The van der Waals surface area contributed by atoms with Crippen molar-refractivity contribution in [1.82, 2.24) is 29.3 Å². The molecule has 5 rings (SSSR count). The van der Waals surface area contributed by atoms with Crippen LogP contribution in [0.3, 0.4) is 0 Å². The Hall–Kier alpha value is -3.76. The number of anilines is 1. The molecule has 1 aromatic carbocycles.